The van der Waals surface area contributed by atoms with Gasteiger partial charge in [-0.25, -0.2) is 4.79 Å². The van der Waals surface area contributed by atoms with E-state index in [0.29, 0.717) is 12.2 Å². The molecule has 2 aromatic carbocycles. The summed E-state index contributed by atoms with van der Waals surface area (Å²) in [5, 5.41) is 11.5. The van der Waals surface area contributed by atoms with Crippen molar-refractivity contribution in [1.29, 1.82) is 0 Å². The molecule has 5 nitrogen and oxygen atoms in total. The fourth-order valence-corrected chi connectivity index (χ4v) is 4.28. The first-order chi connectivity index (χ1) is 12.3. The Morgan fingerprint density at radius 3 is 2.23 bits per heavy atom. The largest absolute Gasteiger partial charge is 0.487 e. The second-order valence-corrected chi connectivity index (χ2v) is 7.96. The van der Waals surface area contributed by atoms with Crippen molar-refractivity contribution in [1.82, 2.24) is 5.32 Å². The molecule has 0 aliphatic carbocycles. The van der Waals surface area contributed by atoms with E-state index in [1.165, 1.54) is 18.6 Å². The van der Waals surface area contributed by atoms with Crippen LogP contribution in [0.25, 0.3) is 6.08 Å². The van der Waals surface area contributed by atoms with Gasteiger partial charge in [0.05, 0.1) is 7.14 Å². The van der Waals surface area contributed by atoms with Gasteiger partial charge < -0.3 is 15.2 Å². The molecule has 0 saturated heterocycles. The Kier molecular flexibility index (Phi) is 7.44. The predicted octanol–water partition coefficient (Wildman–Crippen LogP) is 4.34. The van der Waals surface area contributed by atoms with Gasteiger partial charge in [0.1, 0.15) is 18.1 Å². The number of aliphatic carboxylic acids is 1. The minimum Gasteiger partial charge on any atom is -0.487 e. The molecule has 2 aromatic rings. The van der Waals surface area contributed by atoms with E-state index in [-0.39, 0.29) is 5.70 Å². The number of benzene rings is 2. The number of nitrogens with one attached hydrogen (secondary N) is 1. The summed E-state index contributed by atoms with van der Waals surface area (Å²) in [4.78, 5) is 22.4. The van der Waals surface area contributed by atoms with Crippen LogP contribution >= 0.6 is 45.2 Å². The van der Waals surface area contributed by atoms with E-state index in [1.807, 2.05) is 43.3 Å². The molecule has 0 fully saturated rings. The van der Waals surface area contributed by atoms with Gasteiger partial charge in [-0.15, -0.1) is 0 Å². The zero-order chi connectivity index (χ0) is 19.3. The standard InChI is InChI=1S/C19H17I2NO4/c1-11-3-5-13(6-4-11)10-26-18-15(20)7-14(8-16(18)21)9-17(19(24)25)22-12(2)23/h3-9H,10H2,1-2H3,(H,22,23)(H,24,25)/b17-9+. The third-order valence-electron chi connectivity index (χ3n) is 3.38. The lowest BCUT2D eigenvalue weighted by atomic mass is 10.1. The van der Waals surface area contributed by atoms with Crippen LogP contribution in [0.2, 0.25) is 0 Å². The number of amides is 1. The van der Waals surface area contributed by atoms with E-state index in [9.17, 15) is 14.7 Å². The maximum atomic E-state index is 11.2. The van der Waals surface area contributed by atoms with Crippen molar-refractivity contribution in [3.05, 3.63) is 65.9 Å². The summed E-state index contributed by atoms with van der Waals surface area (Å²) in [5.74, 6) is -0.869. The van der Waals surface area contributed by atoms with Crippen LogP contribution in [-0.4, -0.2) is 17.0 Å². The van der Waals surface area contributed by atoms with Crippen LogP contribution < -0.4 is 10.1 Å². The molecule has 136 valence electrons. The van der Waals surface area contributed by atoms with Crippen LogP contribution in [0.4, 0.5) is 0 Å². The lowest BCUT2D eigenvalue weighted by Gasteiger charge is -2.12. The van der Waals surface area contributed by atoms with Gasteiger partial charge in [-0.05, 0) is 81.4 Å². The summed E-state index contributed by atoms with van der Waals surface area (Å²) in [6, 6.07) is 11.8. The van der Waals surface area contributed by atoms with Gasteiger partial charge >= 0.3 is 5.97 Å². The molecular formula is C19H17I2NO4. The number of carboxylic acid groups (broad SMARTS) is 1. The summed E-state index contributed by atoms with van der Waals surface area (Å²) in [7, 11) is 0. The molecule has 0 spiro atoms. The SMILES string of the molecule is CC(=O)N/C(=C/c1cc(I)c(OCc2ccc(C)cc2)c(I)c1)C(=O)O. The van der Waals surface area contributed by atoms with E-state index < -0.39 is 11.9 Å². The second-order valence-electron chi connectivity index (χ2n) is 5.63. The Hall–Kier alpha value is -1.62. The number of hydrogen-bond acceptors (Lipinski definition) is 3. The van der Waals surface area contributed by atoms with Crippen molar-refractivity contribution in [2.75, 3.05) is 0 Å². The Bertz CT molecular complexity index is 837. The maximum absolute atomic E-state index is 11.2. The minimum absolute atomic E-state index is 0.169. The number of carbonyl (C=O) groups excluding carboxylic acids is 1. The molecule has 0 aromatic heterocycles. The average molecular weight is 577 g/mol. The normalized spacial score (nSPS) is 11.2. The first kappa shape index (κ1) is 20.7. The first-order valence-corrected chi connectivity index (χ1v) is 9.82. The first-order valence-electron chi connectivity index (χ1n) is 7.66. The van der Waals surface area contributed by atoms with Crippen molar-refractivity contribution in [2.45, 2.75) is 20.5 Å². The third kappa shape index (κ3) is 5.97. The number of halogens is 2. The van der Waals surface area contributed by atoms with Gasteiger partial charge in [0.25, 0.3) is 0 Å². The zero-order valence-electron chi connectivity index (χ0n) is 14.2. The van der Waals surface area contributed by atoms with Crippen molar-refractivity contribution in [2.24, 2.45) is 0 Å². The highest BCUT2D eigenvalue weighted by molar-refractivity contribution is 14.1. The van der Waals surface area contributed by atoms with Gasteiger partial charge in [-0.3, -0.25) is 4.79 Å². The lowest BCUT2D eigenvalue weighted by Crippen LogP contribution is -2.24. The maximum Gasteiger partial charge on any atom is 0.352 e. The van der Waals surface area contributed by atoms with E-state index >= 15 is 0 Å². The molecule has 2 N–H and O–H groups in total. The monoisotopic (exact) mass is 577 g/mol. The molecule has 0 unspecified atom stereocenters. The molecule has 0 atom stereocenters. The van der Waals surface area contributed by atoms with Crippen molar-refractivity contribution < 1.29 is 19.4 Å². The quantitative estimate of drug-likeness (QED) is 0.396. The molecular weight excluding hydrogens is 560 g/mol. The van der Waals surface area contributed by atoms with Crippen molar-refractivity contribution in [3.8, 4) is 5.75 Å². The highest BCUT2D eigenvalue weighted by Gasteiger charge is 2.12. The lowest BCUT2D eigenvalue weighted by molar-refractivity contribution is -0.134. The topological polar surface area (TPSA) is 75.6 Å². The van der Waals surface area contributed by atoms with Crippen LogP contribution in [-0.2, 0) is 16.2 Å². The van der Waals surface area contributed by atoms with E-state index in [1.54, 1.807) is 0 Å². The summed E-state index contributed by atoms with van der Waals surface area (Å²) >= 11 is 4.31. The van der Waals surface area contributed by atoms with Crippen LogP contribution in [0.3, 0.4) is 0 Å². The summed E-state index contributed by atoms with van der Waals surface area (Å²) in [6.45, 7) is 3.76. The molecule has 0 saturated carbocycles. The van der Waals surface area contributed by atoms with E-state index in [2.05, 4.69) is 50.5 Å². The van der Waals surface area contributed by atoms with Gasteiger partial charge in [-0.1, -0.05) is 29.8 Å². The van der Waals surface area contributed by atoms with Crippen LogP contribution in [0.15, 0.2) is 42.1 Å². The Balaban J connectivity index is 2.22. The Morgan fingerprint density at radius 2 is 1.73 bits per heavy atom. The second kappa shape index (κ2) is 9.36. The van der Waals surface area contributed by atoms with Crippen LogP contribution in [0, 0.1) is 14.1 Å². The van der Waals surface area contributed by atoms with E-state index in [4.69, 9.17) is 4.74 Å². The van der Waals surface area contributed by atoms with Crippen molar-refractivity contribution >= 4 is 63.1 Å². The molecule has 7 heteroatoms. The number of carbonyl (C=O) groups is 2. The molecule has 0 bridgehead atoms. The number of rotatable bonds is 6. The fourth-order valence-electron chi connectivity index (χ4n) is 2.15. The number of ether oxygens (including phenoxy) is 1. The predicted molar refractivity (Wildman–Crippen MR) is 117 cm³/mol. The molecule has 0 aliphatic heterocycles. The smallest absolute Gasteiger partial charge is 0.352 e. The van der Waals surface area contributed by atoms with Gasteiger partial charge in [-0.2, -0.15) is 0 Å². The zero-order valence-corrected chi connectivity index (χ0v) is 18.5. The van der Waals surface area contributed by atoms with E-state index in [0.717, 1.165) is 18.5 Å². The highest BCUT2D eigenvalue weighted by atomic mass is 127. The van der Waals surface area contributed by atoms with Crippen LogP contribution in [0.5, 0.6) is 5.75 Å². The molecule has 0 aliphatic rings. The summed E-state index contributed by atoms with van der Waals surface area (Å²) in [5.41, 5.74) is 2.78. The fraction of sp³-hybridized carbons (Fsp3) is 0.158. The minimum atomic E-state index is -1.19. The third-order valence-corrected chi connectivity index (χ3v) is 4.98. The molecule has 0 radical (unpaired) electrons. The number of hydrogen-bond donors (Lipinski definition) is 2. The van der Waals surface area contributed by atoms with Gasteiger partial charge in [0.2, 0.25) is 5.91 Å². The number of carboxylic acids is 1. The molecule has 2 rings (SSSR count). The molecule has 0 heterocycles. The highest BCUT2D eigenvalue weighted by Crippen LogP contribution is 2.30. The average Bonchev–Trinajstić information content (AvgIpc) is 2.54. The summed E-state index contributed by atoms with van der Waals surface area (Å²) < 4.78 is 7.67. The van der Waals surface area contributed by atoms with Crippen molar-refractivity contribution in [3.63, 3.8) is 0 Å². The van der Waals surface area contributed by atoms with Gasteiger partial charge in [0, 0.05) is 6.92 Å². The number of aryl methyl sites for hydroxylation is 1. The van der Waals surface area contributed by atoms with Crippen LogP contribution in [0.1, 0.15) is 23.6 Å². The Labute approximate surface area is 179 Å². The Morgan fingerprint density at radius 1 is 1.15 bits per heavy atom. The molecule has 26 heavy (non-hydrogen) atoms. The van der Waals surface area contributed by atoms with Gasteiger partial charge in [0.15, 0.2) is 0 Å². The summed E-state index contributed by atoms with van der Waals surface area (Å²) in [6.07, 6.45) is 1.43. The molecule has 1 amide bonds.